The lowest BCUT2D eigenvalue weighted by molar-refractivity contribution is 0.134. The number of aromatic nitrogens is 1. The van der Waals surface area contributed by atoms with E-state index in [1.807, 2.05) is 12.3 Å². The minimum absolute atomic E-state index is 0.260. The maximum atomic E-state index is 9.50. The average Bonchev–Trinajstić information content (AvgIpc) is 2.79. The van der Waals surface area contributed by atoms with E-state index < -0.39 is 0 Å². The van der Waals surface area contributed by atoms with Crippen molar-refractivity contribution in [2.24, 2.45) is 5.92 Å². The molecule has 1 aliphatic heterocycles. The smallest absolute Gasteiger partial charge is 0.0702 e. The molecule has 1 N–H and O–H groups in total. The third kappa shape index (κ3) is 2.48. The maximum absolute atomic E-state index is 9.50. The molecule has 0 amide bonds. The number of aliphatic hydroxyl groups excluding tert-OH is 1. The summed E-state index contributed by atoms with van der Waals surface area (Å²) in [6, 6.07) is 10.8. The van der Waals surface area contributed by atoms with Crippen LogP contribution in [0.4, 0.5) is 0 Å². The summed E-state index contributed by atoms with van der Waals surface area (Å²) in [7, 11) is 0. The van der Waals surface area contributed by atoms with Gasteiger partial charge in [0.05, 0.1) is 12.1 Å². The third-order valence-electron chi connectivity index (χ3n) is 4.24. The fourth-order valence-corrected chi connectivity index (χ4v) is 3.04. The van der Waals surface area contributed by atoms with Crippen molar-refractivity contribution in [1.82, 2.24) is 9.88 Å². The first-order chi connectivity index (χ1) is 9.28. The lowest BCUT2D eigenvalue weighted by Crippen LogP contribution is -2.34. The summed E-state index contributed by atoms with van der Waals surface area (Å²) in [6.45, 7) is 4.49. The minimum Gasteiger partial charge on any atom is -0.395 e. The van der Waals surface area contributed by atoms with Gasteiger partial charge in [0.2, 0.25) is 0 Å². The molecule has 0 saturated carbocycles. The van der Waals surface area contributed by atoms with Gasteiger partial charge in [0.15, 0.2) is 0 Å². The zero-order valence-electron chi connectivity index (χ0n) is 11.3. The van der Waals surface area contributed by atoms with Crippen LogP contribution >= 0.6 is 0 Å². The number of hydrogen-bond donors (Lipinski definition) is 1. The van der Waals surface area contributed by atoms with Crippen molar-refractivity contribution in [3.8, 4) is 0 Å². The Morgan fingerprint density at radius 2 is 2.26 bits per heavy atom. The number of rotatable bonds is 3. The molecular weight excluding hydrogens is 236 g/mol. The largest absolute Gasteiger partial charge is 0.395 e. The lowest BCUT2D eigenvalue weighted by atomic mass is 10.0. The first-order valence-corrected chi connectivity index (χ1v) is 6.96. The molecule has 0 aliphatic carbocycles. The van der Waals surface area contributed by atoms with Crippen molar-refractivity contribution in [3.63, 3.8) is 0 Å². The molecule has 0 spiro atoms. The number of benzene rings is 1. The highest BCUT2D eigenvalue weighted by atomic mass is 16.3. The van der Waals surface area contributed by atoms with Gasteiger partial charge in [0.1, 0.15) is 0 Å². The van der Waals surface area contributed by atoms with Crippen molar-refractivity contribution in [1.29, 1.82) is 0 Å². The van der Waals surface area contributed by atoms with E-state index in [0.717, 1.165) is 18.6 Å². The summed E-state index contributed by atoms with van der Waals surface area (Å²) < 4.78 is 0. The molecule has 1 saturated heterocycles. The van der Waals surface area contributed by atoms with Crippen LogP contribution in [0.25, 0.3) is 10.9 Å². The molecule has 1 aromatic heterocycles. The highest BCUT2D eigenvalue weighted by molar-refractivity contribution is 5.78. The predicted octanol–water partition coefficient (Wildman–Crippen LogP) is 2.44. The Hall–Kier alpha value is -1.45. The second-order valence-corrected chi connectivity index (χ2v) is 5.52. The molecular formula is C16H20N2O. The Bertz CT molecular complexity index is 569. The molecule has 0 bridgehead atoms. The molecule has 2 unspecified atom stereocenters. The quantitative estimate of drug-likeness (QED) is 0.916. The number of aliphatic hydroxyl groups is 1. The highest BCUT2D eigenvalue weighted by Gasteiger charge is 2.30. The van der Waals surface area contributed by atoms with E-state index in [0.29, 0.717) is 12.0 Å². The van der Waals surface area contributed by atoms with E-state index in [4.69, 9.17) is 0 Å². The number of pyridine rings is 1. The van der Waals surface area contributed by atoms with E-state index in [2.05, 4.69) is 41.1 Å². The minimum atomic E-state index is 0.260. The summed E-state index contributed by atoms with van der Waals surface area (Å²) in [4.78, 5) is 6.73. The van der Waals surface area contributed by atoms with Gasteiger partial charge < -0.3 is 5.11 Å². The number of nitrogens with zero attached hydrogens (tertiary/aromatic N) is 2. The Morgan fingerprint density at radius 3 is 3.11 bits per heavy atom. The predicted molar refractivity (Wildman–Crippen MR) is 76.8 cm³/mol. The van der Waals surface area contributed by atoms with E-state index in [-0.39, 0.29) is 6.61 Å². The molecule has 2 aromatic rings. The molecule has 3 heteroatoms. The summed E-state index contributed by atoms with van der Waals surface area (Å²) in [5.41, 5.74) is 2.34. The topological polar surface area (TPSA) is 36.4 Å². The van der Waals surface area contributed by atoms with Crippen LogP contribution in [-0.4, -0.2) is 34.2 Å². The van der Waals surface area contributed by atoms with Crippen molar-refractivity contribution >= 4 is 10.9 Å². The summed E-state index contributed by atoms with van der Waals surface area (Å²) >= 11 is 0. The highest BCUT2D eigenvalue weighted by Crippen LogP contribution is 2.26. The zero-order chi connectivity index (χ0) is 13.2. The van der Waals surface area contributed by atoms with Crippen LogP contribution in [-0.2, 0) is 6.54 Å². The molecule has 1 fully saturated rings. The van der Waals surface area contributed by atoms with Crippen LogP contribution in [0, 0.1) is 5.92 Å². The average molecular weight is 256 g/mol. The number of fused-ring (bicyclic) bond motifs is 1. The molecule has 2 heterocycles. The first kappa shape index (κ1) is 12.6. The van der Waals surface area contributed by atoms with Gasteiger partial charge >= 0.3 is 0 Å². The van der Waals surface area contributed by atoms with E-state index in [1.165, 1.54) is 17.4 Å². The van der Waals surface area contributed by atoms with Crippen LogP contribution in [0.2, 0.25) is 0 Å². The molecule has 100 valence electrons. The molecule has 19 heavy (non-hydrogen) atoms. The molecule has 1 aliphatic rings. The van der Waals surface area contributed by atoms with Crippen LogP contribution in [0.3, 0.4) is 0 Å². The van der Waals surface area contributed by atoms with E-state index in [1.54, 1.807) is 0 Å². The van der Waals surface area contributed by atoms with Gasteiger partial charge in [0, 0.05) is 24.2 Å². The fourth-order valence-electron chi connectivity index (χ4n) is 3.04. The van der Waals surface area contributed by atoms with Gasteiger partial charge in [-0.25, -0.2) is 0 Å². The summed E-state index contributed by atoms with van der Waals surface area (Å²) in [5.74, 6) is 0.590. The fraction of sp³-hybridized carbons (Fsp3) is 0.438. The zero-order valence-corrected chi connectivity index (χ0v) is 11.3. The van der Waals surface area contributed by atoms with Crippen molar-refractivity contribution in [2.45, 2.75) is 25.9 Å². The van der Waals surface area contributed by atoms with Crippen LogP contribution in [0.5, 0.6) is 0 Å². The van der Waals surface area contributed by atoms with Gasteiger partial charge in [-0.05, 0) is 42.6 Å². The van der Waals surface area contributed by atoms with E-state index >= 15 is 0 Å². The Morgan fingerprint density at radius 1 is 1.37 bits per heavy atom. The molecule has 3 nitrogen and oxygen atoms in total. The van der Waals surface area contributed by atoms with Gasteiger partial charge in [-0.3, -0.25) is 9.88 Å². The van der Waals surface area contributed by atoms with Crippen molar-refractivity contribution in [2.75, 3.05) is 13.2 Å². The Balaban J connectivity index is 1.81. The first-order valence-electron chi connectivity index (χ1n) is 6.96. The second-order valence-electron chi connectivity index (χ2n) is 5.52. The molecule has 2 atom stereocenters. The molecule has 0 radical (unpaired) electrons. The second kappa shape index (κ2) is 5.27. The lowest BCUT2D eigenvalue weighted by Gasteiger charge is -2.25. The molecule has 3 rings (SSSR count). The number of likely N-dealkylation sites (tertiary alicyclic amines) is 1. The standard InChI is InChI=1S/C16H20N2O/c1-12-6-8-18(16(12)11-19)10-13-4-5-15-14(9-13)3-2-7-17-15/h2-5,7,9,12,16,19H,6,8,10-11H2,1H3. The molecule has 1 aromatic carbocycles. The van der Waals surface area contributed by atoms with Gasteiger partial charge in [-0.1, -0.05) is 19.1 Å². The van der Waals surface area contributed by atoms with Crippen LogP contribution < -0.4 is 0 Å². The SMILES string of the molecule is CC1CCN(Cc2ccc3ncccc3c2)C1CO. The van der Waals surface area contributed by atoms with Crippen LogP contribution in [0.15, 0.2) is 36.5 Å². The Kier molecular flexibility index (Phi) is 3.49. The number of hydrogen-bond acceptors (Lipinski definition) is 3. The van der Waals surface area contributed by atoms with Crippen molar-refractivity contribution in [3.05, 3.63) is 42.1 Å². The Labute approximate surface area is 113 Å². The summed E-state index contributed by atoms with van der Waals surface area (Å²) in [5, 5.41) is 10.7. The monoisotopic (exact) mass is 256 g/mol. The third-order valence-corrected chi connectivity index (χ3v) is 4.24. The van der Waals surface area contributed by atoms with Gasteiger partial charge in [0.25, 0.3) is 0 Å². The summed E-state index contributed by atoms with van der Waals surface area (Å²) in [6.07, 6.45) is 3.01. The van der Waals surface area contributed by atoms with Crippen molar-refractivity contribution < 1.29 is 5.11 Å². The van der Waals surface area contributed by atoms with Gasteiger partial charge in [-0.15, -0.1) is 0 Å². The normalized spacial score (nSPS) is 24.1. The maximum Gasteiger partial charge on any atom is 0.0702 e. The van der Waals surface area contributed by atoms with E-state index in [9.17, 15) is 5.11 Å². The van der Waals surface area contributed by atoms with Gasteiger partial charge in [-0.2, -0.15) is 0 Å². The van der Waals surface area contributed by atoms with Crippen LogP contribution in [0.1, 0.15) is 18.9 Å².